The molecule has 0 atom stereocenters. The Hall–Kier alpha value is -2.60. The highest BCUT2D eigenvalue weighted by Crippen LogP contribution is 2.26. The van der Waals surface area contributed by atoms with Gasteiger partial charge in [-0.25, -0.2) is 0 Å². The van der Waals surface area contributed by atoms with E-state index in [2.05, 4.69) is 10.2 Å². The number of Topliss-reactive ketones (excluding diaryl/α,β-unsaturated/α-hetero) is 1. The van der Waals surface area contributed by atoms with Crippen LogP contribution in [0.5, 0.6) is 5.75 Å². The minimum Gasteiger partial charge on any atom is -0.494 e. The van der Waals surface area contributed by atoms with Crippen molar-refractivity contribution in [2.24, 2.45) is 0 Å². The molecule has 128 valence electrons. The Morgan fingerprint density at radius 1 is 1.12 bits per heavy atom. The van der Waals surface area contributed by atoms with Gasteiger partial charge in [-0.3, -0.25) is 4.79 Å². The van der Waals surface area contributed by atoms with Gasteiger partial charge in [0.15, 0.2) is 5.78 Å². The van der Waals surface area contributed by atoms with E-state index >= 15 is 0 Å². The lowest BCUT2D eigenvalue weighted by Crippen LogP contribution is -2.02. The second kappa shape index (κ2) is 7.98. The summed E-state index contributed by atoms with van der Waals surface area (Å²) < 4.78 is 11.0. The highest BCUT2D eigenvalue weighted by Gasteiger charge is 2.13. The Kier molecular flexibility index (Phi) is 5.50. The molecule has 3 rings (SSSR count). The summed E-state index contributed by atoms with van der Waals surface area (Å²) in [6.45, 7) is 4.51. The van der Waals surface area contributed by atoms with Crippen LogP contribution in [0.25, 0.3) is 11.5 Å². The summed E-state index contributed by atoms with van der Waals surface area (Å²) in [6, 6.07) is 14.9. The number of benzene rings is 2. The molecule has 25 heavy (non-hydrogen) atoms. The largest absolute Gasteiger partial charge is 0.494 e. The number of hydrogen-bond donors (Lipinski definition) is 0. The molecule has 0 aliphatic rings. The lowest BCUT2D eigenvalue weighted by molar-refractivity contribution is 0.102. The van der Waals surface area contributed by atoms with Gasteiger partial charge in [0.05, 0.1) is 12.4 Å². The quantitative estimate of drug-likeness (QED) is 0.462. The highest BCUT2D eigenvalue weighted by molar-refractivity contribution is 7.99. The van der Waals surface area contributed by atoms with Crippen LogP contribution in [0.1, 0.15) is 22.8 Å². The van der Waals surface area contributed by atoms with Crippen molar-refractivity contribution in [1.82, 2.24) is 10.2 Å². The van der Waals surface area contributed by atoms with Crippen LogP contribution < -0.4 is 4.74 Å². The van der Waals surface area contributed by atoms with Gasteiger partial charge in [-0.1, -0.05) is 30.0 Å². The van der Waals surface area contributed by atoms with Crippen molar-refractivity contribution in [3.63, 3.8) is 0 Å². The van der Waals surface area contributed by atoms with Crippen LogP contribution in [0.2, 0.25) is 0 Å². The van der Waals surface area contributed by atoms with Crippen LogP contribution in [0.15, 0.2) is 58.2 Å². The molecule has 1 heterocycles. The van der Waals surface area contributed by atoms with Crippen molar-refractivity contribution >= 4 is 17.5 Å². The third kappa shape index (κ3) is 4.28. The average molecular weight is 354 g/mol. The van der Waals surface area contributed by atoms with E-state index in [-0.39, 0.29) is 11.5 Å². The molecule has 3 aromatic rings. The van der Waals surface area contributed by atoms with E-state index in [1.54, 1.807) is 24.3 Å². The van der Waals surface area contributed by atoms with E-state index in [0.717, 1.165) is 16.9 Å². The predicted molar refractivity (Wildman–Crippen MR) is 97.1 cm³/mol. The molecular formula is C19H18N2O3S. The molecular weight excluding hydrogens is 336 g/mol. The van der Waals surface area contributed by atoms with Crippen LogP contribution in [0, 0.1) is 6.92 Å². The Balaban J connectivity index is 1.62. The average Bonchev–Trinajstić information content (AvgIpc) is 3.10. The van der Waals surface area contributed by atoms with Crippen molar-refractivity contribution in [2.75, 3.05) is 12.4 Å². The molecule has 0 bridgehead atoms. The Bertz CT molecular complexity index is 859. The summed E-state index contributed by atoms with van der Waals surface area (Å²) in [5, 5.41) is 8.46. The first-order valence-electron chi connectivity index (χ1n) is 7.95. The molecule has 0 saturated carbocycles. The van der Waals surface area contributed by atoms with Gasteiger partial charge in [0.25, 0.3) is 5.22 Å². The molecule has 0 radical (unpaired) electrons. The molecule has 5 nitrogen and oxygen atoms in total. The van der Waals surface area contributed by atoms with E-state index in [0.29, 0.717) is 23.3 Å². The molecule has 1 aromatic heterocycles. The maximum absolute atomic E-state index is 12.3. The van der Waals surface area contributed by atoms with E-state index in [4.69, 9.17) is 9.15 Å². The first-order chi connectivity index (χ1) is 12.2. The third-order valence-corrected chi connectivity index (χ3v) is 4.41. The van der Waals surface area contributed by atoms with Gasteiger partial charge in [-0.05, 0) is 49.7 Å². The maximum atomic E-state index is 12.3. The molecule has 0 aliphatic heterocycles. The predicted octanol–water partition coefficient (Wildman–Crippen LogP) is 4.42. The number of aryl methyl sites for hydroxylation is 1. The Morgan fingerprint density at radius 3 is 2.60 bits per heavy atom. The van der Waals surface area contributed by atoms with E-state index in [1.165, 1.54) is 11.8 Å². The molecule has 0 unspecified atom stereocenters. The summed E-state index contributed by atoms with van der Waals surface area (Å²) in [6.07, 6.45) is 0. The number of thioether (sulfide) groups is 1. The van der Waals surface area contributed by atoms with E-state index < -0.39 is 0 Å². The zero-order valence-electron chi connectivity index (χ0n) is 14.1. The number of ether oxygens (including phenoxy) is 1. The van der Waals surface area contributed by atoms with Crippen molar-refractivity contribution in [3.05, 3.63) is 59.7 Å². The normalized spacial score (nSPS) is 10.6. The molecule has 0 spiro atoms. The first kappa shape index (κ1) is 17.2. The van der Waals surface area contributed by atoms with Gasteiger partial charge < -0.3 is 9.15 Å². The summed E-state index contributed by atoms with van der Waals surface area (Å²) in [4.78, 5) is 12.3. The number of hydrogen-bond acceptors (Lipinski definition) is 6. The number of aromatic nitrogens is 2. The summed E-state index contributed by atoms with van der Waals surface area (Å²) in [5.41, 5.74) is 2.60. The van der Waals surface area contributed by atoms with Gasteiger partial charge in [-0.15, -0.1) is 10.2 Å². The fourth-order valence-corrected chi connectivity index (χ4v) is 2.96. The zero-order valence-corrected chi connectivity index (χ0v) is 14.9. The molecule has 0 saturated heterocycles. The van der Waals surface area contributed by atoms with Crippen molar-refractivity contribution in [1.29, 1.82) is 0 Å². The monoisotopic (exact) mass is 354 g/mol. The minimum absolute atomic E-state index is 0.00342. The minimum atomic E-state index is 0.00342. The van der Waals surface area contributed by atoms with Crippen LogP contribution in [0.3, 0.4) is 0 Å². The van der Waals surface area contributed by atoms with Crippen LogP contribution >= 0.6 is 11.8 Å². The van der Waals surface area contributed by atoms with E-state index in [1.807, 2.05) is 38.1 Å². The highest BCUT2D eigenvalue weighted by atomic mass is 32.2. The molecule has 6 heteroatoms. The number of carbonyl (C=O) groups excluding carboxylic acids is 1. The van der Waals surface area contributed by atoms with Crippen LogP contribution in [0.4, 0.5) is 0 Å². The Labute approximate surface area is 150 Å². The van der Waals surface area contributed by atoms with E-state index in [9.17, 15) is 4.79 Å². The van der Waals surface area contributed by atoms with Gasteiger partial charge in [-0.2, -0.15) is 0 Å². The lowest BCUT2D eigenvalue weighted by Gasteiger charge is -2.03. The third-order valence-electron chi connectivity index (χ3n) is 3.60. The van der Waals surface area contributed by atoms with Crippen molar-refractivity contribution in [3.8, 4) is 17.2 Å². The Morgan fingerprint density at radius 2 is 1.88 bits per heavy atom. The summed E-state index contributed by atoms with van der Waals surface area (Å²) in [5.74, 6) is 1.47. The van der Waals surface area contributed by atoms with Gasteiger partial charge in [0.1, 0.15) is 5.75 Å². The molecule has 0 fully saturated rings. The van der Waals surface area contributed by atoms with Gasteiger partial charge in [0, 0.05) is 11.1 Å². The van der Waals surface area contributed by atoms with Gasteiger partial charge in [0.2, 0.25) is 5.89 Å². The number of nitrogens with zero attached hydrogens (tertiary/aromatic N) is 2. The molecule has 0 N–H and O–H groups in total. The van der Waals surface area contributed by atoms with Crippen LogP contribution in [-0.2, 0) is 0 Å². The smallest absolute Gasteiger partial charge is 0.277 e. The molecule has 0 amide bonds. The van der Waals surface area contributed by atoms with Crippen molar-refractivity contribution < 1.29 is 13.9 Å². The molecule has 2 aromatic carbocycles. The standard InChI is InChI=1S/C19H18N2O3S/c1-3-23-15-10-8-14(9-11-15)17(22)12-25-19-21-20-18(24-19)16-7-5-4-6-13(16)2/h4-11H,3,12H2,1-2H3. The van der Waals surface area contributed by atoms with Gasteiger partial charge >= 0.3 is 0 Å². The number of ketones is 1. The fourth-order valence-electron chi connectivity index (χ4n) is 2.30. The number of carbonyl (C=O) groups is 1. The second-order valence-electron chi connectivity index (χ2n) is 5.36. The SMILES string of the molecule is CCOc1ccc(C(=O)CSc2nnc(-c3ccccc3C)o2)cc1. The van der Waals surface area contributed by atoms with Crippen LogP contribution in [-0.4, -0.2) is 28.3 Å². The molecule has 0 aliphatic carbocycles. The lowest BCUT2D eigenvalue weighted by atomic mass is 10.1. The zero-order chi connectivity index (χ0) is 17.6. The van der Waals surface area contributed by atoms with Crippen molar-refractivity contribution in [2.45, 2.75) is 19.1 Å². The maximum Gasteiger partial charge on any atom is 0.277 e. The fraction of sp³-hybridized carbons (Fsp3) is 0.211. The first-order valence-corrected chi connectivity index (χ1v) is 8.94. The summed E-state index contributed by atoms with van der Waals surface area (Å²) in [7, 11) is 0. The summed E-state index contributed by atoms with van der Waals surface area (Å²) >= 11 is 1.24. The number of rotatable bonds is 7. The topological polar surface area (TPSA) is 65.2 Å². The second-order valence-corrected chi connectivity index (χ2v) is 6.28.